The van der Waals surface area contributed by atoms with Gasteiger partial charge in [0.05, 0.1) is 13.0 Å². The van der Waals surface area contributed by atoms with Gasteiger partial charge in [-0.3, -0.25) is 14.4 Å². The first-order chi connectivity index (χ1) is 38.6. The number of hydrogen-bond acceptors (Lipinski definition) is 11. The molecule has 6 atom stereocenters. The highest BCUT2D eigenvalue weighted by molar-refractivity contribution is 5.74. The fourth-order valence-corrected chi connectivity index (χ4v) is 8.43. The van der Waals surface area contributed by atoms with Gasteiger partial charge in [-0.2, -0.15) is 0 Å². The van der Waals surface area contributed by atoms with Crippen LogP contribution in [0.1, 0.15) is 226 Å². The Hall–Kier alpha value is -4.88. The summed E-state index contributed by atoms with van der Waals surface area (Å²) in [5, 5.41) is 31.5. The third-order valence-electron chi connectivity index (χ3n) is 13.0. The highest BCUT2D eigenvalue weighted by Gasteiger charge is 2.50. The van der Waals surface area contributed by atoms with Gasteiger partial charge in [0.15, 0.2) is 24.6 Å². The predicted molar refractivity (Wildman–Crippen MR) is 321 cm³/mol. The van der Waals surface area contributed by atoms with E-state index >= 15 is 0 Å². The van der Waals surface area contributed by atoms with E-state index in [0.717, 1.165) is 128 Å². The van der Waals surface area contributed by atoms with E-state index in [0.29, 0.717) is 19.3 Å². The van der Waals surface area contributed by atoms with Crippen LogP contribution in [-0.4, -0.2) is 89.2 Å². The monoisotopic (exact) mass is 1100 g/mol. The van der Waals surface area contributed by atoms with E-state index in [4.69, 9.17) is 23.7 Å². The maximum Gasteiger partial charge on any atom is 0.335 e. The van der Waals surface area contributed by atoms with Crippen LogP contribution in [0.2, 0.25) is 0 Å². The molecule has 6 unspecified atom stereocenters. The lowest BCUT2D eigenvalue weighted by atomic mass is 9.98. The first kappa shape index (κ1) is 72.1. The number of aliphatic hydroxyl groups excluding tert-OH is 2. The molecular formula is C67H106O12. The van der Waals surface area contributed by atoms with E-state index in [1.54, 1.807) is 6.08 Å². The van der Waals surface area contributed by atoms with Crippen LogP contribution in [0.15, 0.2) is 122 Å². The number of carbonyl (C=O) groups is 4. The summed E-state index contributed by atoms with van der Waals surface area (Å²) in [7, 11) is 0. The van der Waals surface area contributed by atoms with Crippen molar-refractivity contribution in [2.45, 2.75) is 263 Å². The Morgan fingerprint density at radius 2 is 0.835 bits per heavy atom. The number of carboxylic acid groups (broad SMARTS) is 1. The van der Waals surface area contributed by atoms with Crippen molar-refractivity contribution in [1.82, 2.24) is 0 Å². The largest absolute Gasteiger partial charge is 0.479 e. The molecule has 12 nitrogen and oxygen atoms in total. The summed E-state index contributed by atoms with van der Waals surface area (Å²) in [6.07, 6.45) is 61.9. The van der Waals surface area contributed by atoms with Crippen molar-refractivity contribution in [2.24, 2.45) is 0 Å². The lowest BCUT2D eigenvalue weighted by Crippen LogP contribution is -2.61. The molecule has 79 heavy (non-hydrogen) atoms. The maximum absolute atomic E-state index is 13.2. The van der Waals surface area contributed by atoms with Crippen LogP contribution < -0.4 is 0 Å². The number of esters is 3. The van der Waals surface area contributed by atoms with E-state index in [-0.39, 0.29) is 25.9 Å². The summed E-state index contributed by atoms with van der Waals surface area (Å²) >= 11 is 0. The summed E-state index contributed by atoms with van der Waals surface area (Å²) in [6.45, 7) is 5.66. The zero-order valence-electron chi connectivity index (χ0n) is 49.1. The predicted octanol–water partition coefficient (Wildman–Crippen LogP) is 16.0. The number of hydrogen-bond donors (Lipinski definition) is 3. The van der Waals surface area contributed by atoms with Gasteiger partial charge in [0.2, 0.25) is 0 Å². The molecule has 1 aliphatic heterocycles. The third kappa shape index (κ3) is 43.6. The van der Waals surface area contributed by atoms with Crippen LogP contribution in [-0.2, 0) is 42.9 Å². The van der Waals surface area contributed by atoms with Crippen molar-refractivity contribution in [2.75, 3.05) is 13.2 Å². The van der Waals surface area contributed by atoms with Crippen molar-refractivity contribution < 1.29 is 58.2 Å². The second kappa shape index (κ2) is 53.7. The quantitative estimate of drug-likeness (QED) is 0.0228. The summed E-state index contributed by atoms with van der Waals surface area (Å²) in [5.41, 5.74) is 0. The molecule has 1 aliphatic rings. The Balaban J connectivity index is 2.74. The van der Waals surface area contributed by atoms with Gasteiger partial charge >= 0.3 is 23.9 Å². The molecule has 0 saturated carbocycles. The molecule has 1 saturated heterocycles. The lowest BCUT2D eigenvalue weighted by Gasteiger charge is -2.40. The number of unbranched alkanes of at least 4 members (excludes halogenated alkanes) is 17. The molecule has 0 amide bonds. The molecule has 1 heterocycles. The van der Waals surface area contributed by atoms with Gasteiger partial charge < -0.3 is 39.0 Å². The Morgan fingerprint density at radius 1 is 0.443 bits per heavy atom. The number of aliphatic hydroxyl groups is 2. The van der Waals surface area contributed by atoms with Crippen molar-refractivity contribution in [3.05, 3.63) is 122 Å². The molecule has 0 aromatic carbocycles. The molecular weight excluding hydrogens is 997 g/mol. The van der Waals surface area contributed by atoms with Crippen LogP contribution >= 0.6 is 0 Å². The molecule has 3 N–H and O–H groups in total. The molecule has 446 valence electrons. The van der Waals surface area contributed by atoms with Crippen LogP contribution in [0.4, 0.5) is 0 Å². The van der Waals surface area contributed by atoms with E-state index in [1.165, 1.54) is 38.5 Å². The molecule has 12 heteroatoms. The van der Waals surface area contributed by atoms with Gasteiger partial charge in [-0.05, 0) is 109 Å². The summed E-state index contributed by atoms with van der Waals surface area (Å²) in [5.74, 6) is -3.33. The van der Waals surface area contributed by atoms with Crippen LogP contribution in [0.5, 0.6) is 0 Å². The second-order valence-corrected chi connectivity index (χ2v) is 20.2. The molecule has 1 rings (SSSR count). The first-order valence-corrected chi connectivity index (χ1v) is 30.5. The minimum Gasteiger partial charge on any atom is -0.479 e. The van der Waals surface area contributed by atoms with Crippen LogP contribution in [0, 0.1) is 0 Å². The normalized spacial score (nSPS) is 18.7. The minimum atomic E-state index is -1.93. The number of rotatable bonds is 50. The highest BCUT2D eigenvalue weighted by Crippen LogP contribution is 2.26. The Labute approximate surface area is 478 Å². The van der Waals surface area contributed by atoms with E-state index in [9.17, 15) is 34.5 Å². The van der Waals surface area contributed by atoms with Gasteiger partial charge in [0.1, 0.15) is 18.8 Å². The van der Waals surface area contributed by atoms with Crippen molar-refractivity contribution in [3.8, 4) is 0 Å². The Bertz CT molecular complexity index is 1840. The van der Waals surface area contributed by atoms with Gasteiger partial charge in [-0.25, -0.2) is 4.79 Å². The van der Waals surface area contributed by atoms with Gasteiger partial charge in [0, 0.05) is 12.8 Å². The standard InChI is InChI=1S/C67H106O12/c1-4-7-10-13-16-19-22-25-28-29-30-31-34-37-40-43-46-49-52-55-61(70)78-65-63(72)62(71)64(66(73)74)79-67(65)76-57-58(77-60(69)54-51-48-45-42-39-36-33-27-24-21-18-15-12-9-6-3)56-75-59(68)53-50-47-44-41-38-35-32-26-23-20-17-14-11-8-5-2/h7-8,10-11,16-17,19-20,25-28,30-33,38,41,47,50,58,62-65,67,71-72H,4-6,9,12-15,18,21-24,29,34-37,39-40,42-46,48-49,51-57H2,1-3H3,(H,73,74)/b10-7-,11-8-,19-16-,20-17-,28-25-,31-30-,32-26-,33-27-,41-38-,50-47-. The fraction of sp³-hybridized carbons (Fsp3) is 0.642. The zero-order valence-corrected chi connectivity index (χ0v) is 49.1. The molecule has 0 aromatic rings. The first-order valence-electron chi connectivity index (χ1n) is 30.5. The zero-order chi connectivity index (χ0) is 57.5. The fourth-order valence-electron chi connectivity index (χ4n) is 8.43. The number of ether oxygens (including phenoxy) is 5. The average molecular weight is 1100 g/mol. The molecule has 0 radical (unpaired) electrons. The lowest BCUT2D eigenvalue weighted by molar-refractivity contribution is -0.301. The number of carbonyl (C=O) groups excluding carboxylic acids is 3. The number of allylic oxidation sites excluding steroid dienone is 19. The smallest absolute Gasteiger partial charge is 0.335 e. The van der Waals surface area contributed by atoms with E-state index in [1.807, 2.05) is 12.2 Å². The number of carboxylic acids is 1. The maximum atomic E-state index is 13.2. The average Bonchev–Trinajstić information content (AvgIpc) is 3.46. The Morgan fingerprint density at radius 3 is 1.29 bits per heavy atom. The number of aliphatic carboxylic acids is 1. The summed E-state index contributed by atoms with van der Waals surface area (Å²) < 4.78 is 28.3. The van der Waals surface area contributed by atoms with Crippen LogP contribution in [0.25, 0.3) is 0 Å². The Kier molecular flexibility index (Phi) is 49.1. The summed E-state index contributed by atoms with van der Waals surface area (Å²) in [6, 6.07) is 0. The van der Waals surface area contributed by atoms with E-state index < -0.39 is 67.3 Å². The van der Waals surface area contributed by atoms with Crippen molar-refractivity contribution >= 4 is 23.9 Å². The highest BCUT2D eigenvalue weighted by atomic mass is 16.7. The molecule has 0 spiro atoms. The third-order valence-corrected chi connectivity index (χ3v) is 13.0. The second-order valence-electron chi connectivity index (χ2n) is 20.2. The molecule has 1 fully saturated rings. The van der Waals surface area contributed by atoms with Crippen molar-refractivity contribution in [3.63, 3.8) is 0 Å². The van der Waals surface area contributed by atoms with E-state index in [2.05, 4.69) is 124 Å². The van der Waals surface area contributed by atoms with Crippen LogP contribution in [0.3, 0.4) is 0 Å². The van der Waals surface area contributed by atoms with Gasteiger partial charge in [-0.1, -0.05) is 219 Å². The molecule has 0 aliphatic carbocycles. The molecule has 0 bridgehead atoms. The van der Waals surface area contributed by atoms with Crippen molar-refractivity contribution in [1.29, 1.82) is 0 Å². The minimum absolute atomic E-state index is 0.0230. The SMILES string of the molecule is CC/C=C\C/C=C\C/C=C\C/C=C\C/C=C\CC(=O)OCC(COC1OC(C(=O)O)C(O)C(O)C1OC(=O)CCCCCCCC/C=C\C/C=C\C/C=C\C/C=C\CC)OC(=O)CCCCCCC/C=C\CCCCCCCC. The summed E-state index contributed by atoms with van der Waals surface area (Å²) in [4.78, 5) is 51.1. The van der Waals surface area contributed by atoms with Gasteiger partial charge in [-0.15, -0.1) is 0 Å². The van der Waals surface area contributed by atoms with Gasteiger partial charge in [0.25, 0.3) is 0 Å². The molecule has 0 aromatic heterocycles. The topological polar surface area (TPSA) is 175 Å².